The van der Waals surface area contributed by atoms with E-state index < -0.39 is 18.2 Å². The number of aliphatic hydroxyl groups is 3. The lowest BCUT2D eigenvalue weighted by molar-refractivity contribution is -0.124. The molecule has 4 N–H and O–H groups in total. The molecule has 258 valence electrons. The molecule has 0 aliphatic heterocycles. The van der Waals surface area contributed by atoms with Gasteiger partial charge in [-0.1, -0.05) is 147 Å². The summed E-state index contributed by atoms with van der Waals surface area (Å²) in [5.74, 6) is -0.159. The van der Waals surface area contributed by atoms with Crippen LogP contribution in [0.3, 0.4) is 0 Å². The zero-order chi connectivity index (χ0) is 32.4. The Bertz CT molecular complexity index is 690. The lowest BCUT2D eigenvalue weighted by Crippen LogP contribution is -2.50. The first-order chi connectivity index (χ1) is 21.6. The molecular formula is C39H73NO4. The summed E-state index contributed by atoms with van der Waals surface area (Å²) in [5.41, 5.74) is 0. The Balaban J connectivity index is 3.63. The molecule has 0 saturated carbocycles. The molecule has 44 heavy (non-hydrogen) atoms. The quantitative estimate of drug-likeness (QED) is 0.0435. The minimum absolute atomic E-state index is 0.159. The summed E-state index contributed by atoms with van der Waals surface area (Å²) >= 11 is 0. The second kappa shape index (κ2) is 34.4. The molecule has 0 fully saturated rings. The zero-order valence-corrected chi connectivity index (χ0v) is 29.0. The van der Waals surface area contributed by atoms with Crippen LogP contribution in [0.4, 0.5) is 0 Å². The number of amides is 1. The third-order valence-corrected chi connectivity index (χ3v) is 8.48. The molecule has 0 aromatic carbocycles. The van der Waals surface area contributed by atoms with E-state index in [0.29, 0.717) is 12.8 Å². The highest BCUT2D eigenvalue weighted by molar-refractivity contribution is 5.76. The van der Waals surface area contributed by atoms with Crippen LogP contribution in [-0.2, 0) is 4.79 Å². The first-order valence-corrected chi connectivity index (χ1v) is 18.8. The van der Waals surface area contributed by atoms with Crippen molar-refractivity contribution in [2.45, 2.75) is 199 Å². The van der Waals surface area contributed by atoms with E-state index in [2.05, 4.69) is 55.6 Å². The van der Waals surface area contributed by atoms with Crippen molar-refractivity contribution in [1.29, 1.82) is 0 Å². The molecule has 1 amide bonds. The Hall–Kier alpha value is -1.43. The molecule has 0 bridgehead atoms. The van der Waals surface area contributed by atoms with Gasteiger partial charge >= 0.3 is 0 Å². The van der Waals surface area contributed by atoms with Gasteiger partial charge in [-0.3, -0.25) is 4.79 Å². The van der Waals surface area contributed by atoms with Gasteiger partial charge in [0.25, 0.3) is 0 Å². The van der Waals surface area contributed by atoms with Gasteiger partial charge in [-0.25, -0.2) is 0 Å². The first-order valence-electron chi connectivity index (χ1n) is 18.8. The minimum Gasteiger partial charge on any atom is -0.394 e. The molecule has 5 nitrogen and oxygen atoms in total. The Kier molecular flexibility index (Phi) is 33.3. The number of carbonyl (C=O) groups is 1. The van der Waals surface area contributed by atoms with E-state index in [-0.39, 0.29) is 12.5 Å². The topological polar surface area (TPSA) is 89.8 Å². The summed E-state index contributed by atoms with van der Waals surface area (Å²) < 4.78 is 0. The van der Waals surface area contributed by atoms with Gasteiger partial charge in [-0.05, 0) is 64.2 Å². The van der Waals surface area contributed by atoms with Crippen molar-refractivity contribution in [2.24, 2.45) is 0 Å². The van der Waals surface area contributed by atoms with Crippen LogP contribution in [0.2, 0.25) is 0 Å². The van der Waals surface area contributed by atoms with Gasteiger partial charge in [-0.2, -0.15) is 0 Å². The monoisotopic (exact) mass is 620 g/mol. The lowest BCUT2D eigenvalue weighted by atomic mass is 10.0. The number of rotatable bonds is 33. The predicted octanol–water partition coefficient (Wildman–Crippen LogP) is 10.0. The van der Waals surface area contributed by atoms with Crippen LogP contribution < -0.4 is 5.32 Å². The number of aliphatic hydroxyl groups excluding tert-OH is 3. The second-order valence-electron chi connectivity index (χ2n) is 12.7. The van der Waals surface area contributed by atoms with E-state index >= 15 is 0 Å². The predicted molar refractivity (Wildman–Crippen MR) is 190 cm³/mol. The van der Waals surface area contributed by atoms with E-state index in [1.54, 1.807) is 0 Å². The van der Waals surface area contributed by atoms with Crippen LogP contribution in [-0.4, -0.2) is 46.1 Å². The van der Waals surface area contributed by atoms with Gasteiger partial charge in [0, 0.05) is 6.42 Å². The Morgan fingerprint density at radius 1 is 0.591 bits per heavy atom. The third-order valence-electron chi connectivity index (χ3n) is 8.48. The van der Waals surface area contributed by atoms with E-state index in [0.717, 1.165) is 51.4 Å². The van der Waals surface area contributed by atoms with Crippen LogP contribution in [0.5, 0.6) is 0 Å². The highest BCUT2D eigenvalue weighted by Gasteiger charge is 2.26. The molecule has 0 aliphatic carbocycles. The van der Waals surface area contributed by atoms with E-state index in [4.69, 9.17) is 0 Å². The van der Waals surface area contributed by atoms with Gasteiger partial charge in [0.05, 0.1) is 18.8 Å². The van der Waals surface area contributed by atoms with E-state index in [1.807, 2.05) is 0 Å². The molecule has 0 aromatic heterocycles. The fourth-order valence-corrected chi connectivity index (χ4v) is 5.55. The van der Waals surface area contributed by atoms with E-state index in [9.17, 15) is 20.1 Å². The largest absolute Gasteiger partial charge is 0.394 e. The van der Waals surface area contributed by atoms with Crippen molar-refractivity contribution in [3.63, 3.8) is 0 Å². The second-order valence-corrected chi connectivity index (χ2v) is 12.7. The molecule has 3 unspecified atom stereocenters. The minimum atomic E-state index is -1.16. The van der Waals surface area contributed by atoms with Crippen molar-refractivity contribution in [1.82, 2.24) is 5.32 Å². The van der Waals surface area contributed by atoms with Crippen molar-refractivity contribution in [3.05, 3.63) is 36.5 Å². The molecule has 0 aromatic rings. The van der Waals surface area contributed by atoms with Gasteiger partial charge < -0.3 is 20.6 Å². The SMILES string of the molecule is CC/C=C\C/C=C\CCCCCCCCCCCCCCCCC(=O)NC(CO)C(O)C(O)CCC/C=C/CCCCCC. The zero-order valence-electron chi connectivity index (χ0n) is 29.0. The fraction of sp³-hybridized carbons (Fsp3) is 0.821. The van der Waals surface area contributed by atoms with Crippen molar-refractivity contribution in [3.8, 4) is 0 Å². The van der Waals surface area contributed by atoms with Crippen molar-refractivity contribution >= 4 is 5.91 Å². The van der Waals surface area contributed by atoms with E-state index in [1.165, 1.54) is 103 Å². The maximum atomic E-state index is 12.3. The Morgan fingerprint density at radius 3 is 1.57 bits per heavy atom. The number of nitrogens with one attached hydrogen (secondary N) is 1. The Labute approximate surface area is 273 Å². The molecular weight excluding hydrogens is 546 g/mol. The molecule has 0 rings (SSSR count). The average molecular weight is 620 g/mol. The van der Waals surface area contributed by atoms with Gasteiger partial charge in [0.15, 0.2) is 0 Å². The van der Waals surface area contributed by atoms with Gasteiger partial charge in [-0.15, -0.1) is 0 Å². The highest BCUT2D eigenvalue weighted by Crippen LogP contribution is 2.15. The summed E-state index contributed by atoms with van der Waals surface area (Å²) in [6.07, 6.45) is 41.1. The van der Waals surface area contributed by atoms with Crippen LogP contribution in [0, 0.1) is 0 Å². The Morgan fingerprint density at radius 2 is 1.05 bits per heavy atom. The standard InChI is InChI=1S/C39H73NO4/c1-3-5-7-9-11-13-14-15-16-17-18-19-20-21-22-23-24-26-28-30-32-34-38(43)40-36(35-41)39(44)37(42)33-31-29-27-25-12-10-8-6-4-2/h5,7,11,13,25,27,36-37,39,41-42,44H,3-4,6,8-10,12,14-24,26,28-35H2,1-2H3,(H,40,43)/b7-5-,13-11-,27-25+. The molecule has 0 radical (unpaired) electrons. The van der Waals surface area contributed by atoms with Crippen LogP contribution in [0.25, 0.3) is 0 Å². The van der Waals surface area contributed by atoms with Crippen molar-refractivity contribution in [2.75, 3.05) is 6.61 Å². The number of hydrogen-bond donors (Lipinski definition) is 4. The maximum Gasteiger partial charge on any atom is 0.220 e. The lowest BCUT2D eigenvalue weighted by Gasteiger charge is -2.26. The molecule has 0 spiro atoms. The summed E-state index contributed by atoms with van der Waals surface area (Å²) in [6.45, 7) is 4.01. The van der Waals surface area contributed by atoms with Crippen LogP contribution in [0.1, 0.15) is 181 Å². The summed E-state index contributed by atoms with van der Waals surface area (Å²) in [6, 6.07) is -0.822. The summed E-state index contributed by atoms with van der Waals surface area (Å²) in [7, 11) is 0. The number of allylic oxidation sites excluding steroid dienone is 6. The number of hydrogen-bond acceptors (Lipinski definition) is 4. The summed E-state index contributed by atoms with van der Waals surface area (Å²) in [5, 5.41) is 33.2. The van der Waals surface area contributed by atoms with Crippen LogP contribution in [0.15, 0.2) is 36.5 Å². The molecule has 5 heteroatoms. The van der Waals surface area contributed by atoms with Gasteiger partial charge in [0.1, 0.15) is 6.10 Å². The van der Waals surface area contributed by atoms with Gasteiger partial charge in [0.2, 0.25) is 5.91 Å². The highest BCUT2D eigenvalue weighted by atomic mass is 16.3. The first kappa shape index (κ1) is 42.6. The maximum absolute atomic E-state index is 12.3. The molecule has 0 heterocycles. The average Bonchev–Trinajstić information content (AvgIpc) is 3.03. The molecule has 0 aliphatic rings. The third kappa shape index (κ3) is 29.3. The molecule has 3 atom stereocenters. The normalized spacial score (nSPS) is 14.2. The smallest absolute Gasteiger partial charge is 0.220 e. The number of carbonyl (C=O) groups excluding carboxylic acids is 1. The fourth-order valence-electron chi connectivity index (χ4n) is 5.55. The van der Waals surface area contributed by atoms with Crippen molar-refractivity contribution < 1.29 is 20.1 Å². The number of unbranched alkanes of at least 4 members (excludes halogenated alkanes) is 19. The van der Waals surface area contributed by atoms with Crippen LogP contribution >= 0.6 is 0 Å². The molecule has 0 saturated heterocycles. The summed E-state index contributed by atoms with van der Waals surface area (Å²) in [4.78, 5) is 12.3.